The molecule has 0 radical (unpaired) electrons. The third kappa shape index (κ3) is 5.02. The predicted molar refractivity (Wildman–Crippen MR) is 88.2 cm³/mol. The number of rotatable bonds is 7. The molecule has 0 saturated carbocycles. The SMILES string of the molecule is CN(CCC#N)C(=O)CSc1n[nH]c(C=Cc2cccs2)n1. The van der Waals surface area contributed by atoms with Crippen molar-refractivity contribution in [2.24, 2.45) is 0 Å². The summed E-state index contributed by atoms with van der Waals surface area (Å²) in [6.07, 6.45) is 4.15. The van der Waals surface area contributed by atoms with Crippen molar-refractivity contribution in [1.82, 2.24) is 20.1 Å². The standard InChI is InChI=1S/C14H15N5OS2/c1-19(8-3-7-15)13(20)10-22-14-16-12(17-18-14)6-5-11-4-2-9-21-11/h2,4-6,9H,3,8,10H2,1H3,(H,16,17,18). The number of nitrogens with zero attached hydrogens (tertiary/aromatic N) is 4. The molecule has 0 aromatic carbocycles. The van der Waals surface area contributed by atoms with E-state index in [1.165, 1.54) is 11.8 Å². The van der Waals surface area contributed by atoms with E-state index in [1.54, 1.807) is 23.3 Å². The van der Waals surface area contributed by atoms with Crippen LogP contribution in [0.1, 0.15) is 17.1 Å². The summed E-state index contributed by atoms with van der Waals surface area (Å²) in [6, 6.07) is 6.02. The lowest BCUT2D eigenvalue weighted by Crippen LogP contribution is -2.29. The largest absolute Gasteiger partial charge is 0.344 e. The lowest BCUT2D eigenvalue weighted by molar-refractivity contribution is -0.127. The average Bonchev–Trinajstić information content (AvgIpc) is 3.19. The molecule has 6 nitrogen and oxygen atoms in total. The fourth-order valence-corrected chi connectivity index (χ4v) is 2.89. The van der Waals surface area contributed by atoms with E-state index >= 15 is 0 Å². The van der Waals surface area contributed by atoms with Crippen LogP contribution in [-0.4, -0.2) is 45.3 Å². The van der Waals surface area contributed by atoms with E-state index in [9.17, 15) is 4.79 Å². The van der Waals surface area contributed by atoms with Gasteiger partial charge in [-0.25, -0.2) is 4.98 Å². The molecule has 2 aromatic heterocycles. The Kier molecular flexibility index (Phi) is 6.18. The number of thiophene rings is 1. The molecular formula is C14H15N5OS2. The maximum atomic E-state index is 11.8. The van der Waals surface area contributed by atoms with Crippen molar-refractivity contribution in [3.05, 3.63) is 28.2 Å². The van der Waals surface area contributed by atoms with Gasteiger partial charge in [0, 0.05) is 18.5 Å². The van der Waals surface area contributed by atoms with Gasteiger partial charge in [-0.3, -0.25) is 9.89 Å². The number of carbonyl (C=O) groups is 1. The molecule has 2 rings (SSSR count). The van der Waals surface area contributed by atoms with Gasteiger partial charge in [0.1, 0.15) is 5.82 Å². The van der Waals surface area contributed by atoms with Gasteiger partial charge in [0.05, 0.1) is 18.2 Å². The second-order valence-electron chi connectivity index (χ2n) is 4.36. The van der Waals surface area contributed by atoms with Crippen LogP contribution in [0.4, 0.5) is 0 Å². The number of H-pyrrole nitrogens is 1. The smallest absolute Gasteiger partial charge is 0.232 e. The van der Waals surface area contributed by atoms with Crippen molar-refractivity contribution in [2.75, 3.05) is 19.3 Å². The zero-order valence-corrected chi connectivity index (χ0v) is 13.7. The van der Waals surface area contributed by atoms with Crippen LogP contribution in [0.15, 0.2) is 22.7 Å². The maximum Gasteiger partial charge on any atom is 0.232 e. The summed E-state index contributed by atoms with van der Waals surface area (Å²) in [5.41, 5.74) is 0. The molecule has 0 unspecified atom stereocenters. The van der Waals surface area contributed by atoms with Crippen LogP contribution in [0.2, 0.25) is 0 Å². The normalized spacial score (nSPS) is 10.7. The number of aromatic nitrogens is 3. The first-order valence-corrected chi connectivity index (χ1v) is 8.43. The van der Waals surface area contributed by atoms with Crippen molar-refractivity contribution < 1.29 is 4.79 Å². The Morgan fingerprint density at radius 1 is 1.59 bits per heavy atom. The van der Waals surface area contributed by atoms with Gasteiger partial charge < -0.3 is 4.90 Å². The van der Waals surface area contributed by atoms with Crippen LogP contribution in [0.5, 0.6) is 0 Å². The highest BCUT2D eigenvalue weighted by molar-refractivity contribution is 7.99. The summed E-state index contributed by atoms with van der Waals surface area (Å²) in [6.45, 7) is 0.443. The molecule has 0 aliphatic heterocycles. The van der Waals surface area contributed by atoms with Crippen LogP contribution in [0.3, 0.4) is 0 Å². The van der Waals surface area contributed by atoms with Crippen molar-refractivity contribution in [1.29, 1.82) is 5.26 Å². The molecule has 114 valence electrons. The third-order valence-electron chi connectivity index (χ3n) is 2.74. The number of nitriles is 1. The fraction of sp³-hybridized carbons (Fsp3) is 0.286. The highest BCUT2D eigenvalue weighted by Crippen LogP contribution is 2.15. The second kappa shape index (κ2) is 8.36. The number of hydrogen-bond donors (Lipinski definition) is 1. The van der Waals surface area contributed by atoms with E-state index in [1.807, 2.05) is 35.7 Å². The number of nitrogens with one attached hydrogen (secondary N) is 1. The predicted octanol–water partition coefficient (Wildman–Crippen LogP) is 2.50. The summed E-state index contributed by atoms with van der Waals surface area (Å²) in [7, 11) is 1.69. The Bertz CT molecular complexity index is 672. The Labute approximate surface area is 136 Å². The van der Waals surface area contributed by atoms with Crippen LogP contribution in [-0.2, 0) is 4.79 Å². The van der Waals surface area contributed by atoms with Crippen LogP contribution < -0.4 is 0 Å². The number of amides is 1. The quantitative estimate of drug-likeness (QED) is 0.787. The maximum absolute atomic E-state index is 11.8. The molecule has 0 spiro atoms. The Morgan fingerprint density at radius 3 is 3.18 bits per heavy atom. The molecule has 0 aliphatic carbocycles. The van der Waals surface area contributed by atoms with Crippen molar-refractivity contribution >= 4 is 41.2 Å². The Balaban J connectivity index is 1.82. The minimum atomic E-state index is -0.0410. The van der Waals surface area contributed by atoms with Crippen LogP contribution >= 0.6 is 23.1 Å². The minimum Gasteiger partial charge on any atom is -0.344 e. The van der Waals surface area contributed by atoms with E-state index in [-0.39, 0.29) is 11.7 Å². The molecular weight excluding hydrogens is 318 g/mol. The molecule has 0 bridgehead atoms. The summed E-state index contributed by atoms with van der Waals surface area (Å²) < 4.78 is 0. The highest BCUT2D eigenvalue weighted by Gasteiger charge is 2.10. The highest BCUT2D eigenvalue weighted by atomic mass is 32.2. The first-order chi connectivity index (χ1) is 10.7. The van der Waals surface area contributed by atoms with Crippen molar-refractivity contribution in [3.8, 4) is 6.07 Å². The number of thioether (sulfide) groups is 1. The minimum absolute atomic E-state index is 0.0410. The fourth-order valence-electron chi connectivity index (χ4n) is 1.52. The Morgan fingerprint density at radius 2 is 2.45 bits per heavy atom. The van der Waals surface area contributed by atoms with E-state index < -0.39 is 0 Å². The van der Waals surface area contributed by atoms with E-state index in [4.69, 9.17) is 5.26 Å². The second-order valence-corrected chi connectivity index (χ2v) is 6.29. The first kappa shape index (κ1) is 16.3. The topological polar surface area (TPSA) is 85.7 Å². The molecule has 2 heterocycles. The lowest BCUT2D eigenvalue weighted by Gasteiger charge is -2.14. The molecule has 0 atom stereocenters. The van der Waals surface area contributed by atoms with Gasteiger partial charge in [0.15, 0.2) is 0 Å². The van der Waals surface area contributed by atoms with E-state index in [0.29, 0.717) is 23.9 Å². The third-order valence-corrected chi connectivity index (χ3v) is 4.41. The van der Waals surface area contributed by atoms with E-state index in [0.717, 1.165) is 4.88 Å². The molecule has 22 heavy (non-hydrogen) atoms. The summed E-state index contributed by atoms with van der Waals surface area (Å²) in [5, 5.41) is 17.9. The first-order valence-electron chi connectivity index (χ1n) is 6.56. The summed E-state index contributed by atoms with van der Waals surface area (Å²) in [5.74, 6) is 0.871. The van der Waals surface area contributed by atoms with Crippen LogP contribution in [0.25, 0.3) is 12.2 Å². The van der Waals surface area contributed by atoms with Crippen molar-refractivity contribution in [3.63, 3.8) is 0 Å². The van der Waals surface area contributed by atoms with Gasteiger partial charge in [-0.15, -0.1) is 16.4 Å². The molecule has 8 heteroatoms. The van der Waals surface area contributed by atoms with Gasteiger partial charge >= 0.3 is 0 Å². The molecule has 0 saturated heterocycles. The molecule has 1 N–H and O–H groups in total. The molecule has 0 aliphatic rings. The van der Waals surface area contributed by atoms with Crippen molar-refractivity contribution in [2.45, 2.75) is 11.6 Å². The summed E-state index contributed by atoms with van der Waals surface area (Å²) >= 11 is 2.92. The van der Waals surface area contributed by atoms with Gasteiger partial charge in [0.2, 0.25) is 11.1 Å². The lowest BCUT2D eigenvalue weighted by atomic mass is 10.4. The monoisotopic (exact) mass is 333 g/mol. The van der Waals surface area contributed by atoms with Crippen LogP contribution in [0, 0.1) is 11.3 Å². The zero-order chi connectivity index (χ0) is 15.8. The zero-order valence-electron chi connectivity index (χ0n) is 12.0. The van der Waals surface area contributed by atoms with E-state index in [2.05, 4.69) is 15.2 Å². The van der Waals surface area contributed by atoms with Gasteiger partial charge in [-0.05, 0) is 23.6 Å². The van der Waals surface area contributed by atoms with Gasteiger partial charge in [-0.1, -0.05) is 17.8 Å². The molecule has 0 fully saturated rings. The average molecular weight is 333 g/mol. The molecule has 1 amide bonds. The van der Waals surface area contributed by atoms with Gasteiger partial charge in [0.25, 0.3) is 0 Å². The van der Waals surface area contributed by atoms with Gasteiger partial charge in [-0.2, -0.15) is 5.26 Å². The molecule has 2 aromatic rings. The number of aromatic amines is 1. The number of hydrogen-bond acceptors (Lipinski definition) is 6. The summed E-state index contributed by atoms with van der Waals surface area (Å²) in [4.78, 5) is 18.8. The number of carbonyl (C=O) groups excluding carboxylic acids is 1. The Hall–Kier alpha value is -2.11.